The van der Waals surface area contributed by atoms with E-state index in [1.54, 1.807) is 19.2 Å². The highest BCUT2D eigenvalue weighted by molar-refractivity contribution is 7.91. The fourth-order valence-corrected chi connectivity index (χ4v) is 4.65. The smallest absolute Gasteiger partial charge is 0.206 e. The van der Waals surface area contributed by atoms with Gasteiger partial charge in [0, 0.05) is 24.8 Å². The van der Waals surface area contributed by atoms with Gasteiger partial charge >= 0.3 is 0 Å². The first-order valence-electron chi connectivity index (χ1n) is 9.33. The van der Waals surface area contributed by atoms with E-state index in [0.29, 0.717) is 31.5 Å². The molecule has 2 atom stereocenters. The second-order valence-corrected chi connectivity index (χ2v) is 10.2. The summed E-state index contributed by atoms with van der Waals surface area (Å²) in [5, 5.41) is 0.241. The second kappa shape index (κ2) is 11.4. The third kappa shape index (κ3) is 6.66. The van der Waals surface area contributed by atoms with Crippen LogP contribution in [0.25, 0.3) is 0 Å². The molecule has 0 aliphatic carbocycles. The predicted molar refractivity (Wildman–Crippen MR) is 120 cm³/mol. The molecule has 2 aromatic carbocycles. The number of benzene rings is 2. The van der Waals surface area contributed by atoms with Crippen molar-refractivity contribution in [3.05, 3.63) is 46.4 Å². The van der Waals surface area contributed by atoms with Gasteiger partial charge in [-0.05, 0) is 36.4 Å². The van der Waals surface area contributed by atoms with Crippen LogP contribution in [0, 0.1) is 11.8 Å². The molecule has 30 heavy (non-hydrogen) atoms. The van der Waals surface area contributed by atoms with Gasteiger partial charge in [0.05, 0.1) is 39.7 Å². The van der Waals surface area contributed by atoms with Crippen molar-refractivity contribution in [3.8, 4) is 11.5 Å². The molecule has 9 heteroatoms. The molecule has 0 fully saturated rings. The summed E-state index contributed by atoms with van der Waals surface area (Å²) in [6.07, 6.45) is 0. The lowest BCUT2D eigenvalue weighted by Gasteiger charge is -2.15. The molecule has 2 aromatic rings. The van der Waals surface area contributed by atoms with Crippen LogP contribution in [0.5, 0.6) is 11.5 Å². The van der Waals surface area contributed by atoms with Crippen molar-refractivity contribution in [3.63, 3.8) is 0 Å². The molecular weight excluding hydrogens is 471 g/mol. The molecule has 5 nitrogen and oxygen atoms in total. The molecule has 2 rings (SSSR count). The maximum Gasteiger partial charge on any atom is 0.206 e. The van der Waals surface area contributed by atoms with Crippen LogP contribution in [0.4, 0.5) is 0 Å². The lowest BCUT2D eigenvalue weighted by molar-refractivity contribution is 0.127. The van der Waals surface area contributed by atoms with E-state index in [9.17, 15) is 8.42 Å². The van der Waals surface area contributed by atoms with Crippen LogP contribution >= 0.6 is 34.8 Å². The number of halogens is 3. The van der Waals surface area contributed by atoms with E-state index < -0.39 is 9.84 Å². The Morgan fingerprint density at radius 1 is 0.867 bits per heavy atom. The lowest BCUT2D eigenvalue weighted by Crippen LogP contribution is -2.13. The zero-order valence-electron chi connectivity index (χ0n) is 17.0. The van der Waals surface area contributed by atoms with E-state index in [1.807, 2.05) is 13.8 Å². The summed E-state index contributed by atoms with van der Waals surface area (Å²) >= 11 is 18.3. The standard InChI is InChI=1S/C21H25Cl3O5S/c1-14(10-22)12-29-21-19(23)8-18(9-20(21)24)30(25,26)17-6-4-16(5-7-17)28-13-15(2)11-27-3/h4-9,14-15H,10-13H2,1-3H3/t14-,15-/m1/s1. The Morgan fingerprint density at radius 3 is 1.97 bits per heavy atom. The molecule has 0 saturated heterocycles. The third-order valence-corrected chi connectivity index (χ3v) is 7.01. The molecule has 0 radical (unpaired) electrons. The van der Waals surface area contributed by atoms with Crippen LogP contribution in [0.2, 0.25) is 10.0 Å². The number of hydrogen-bond donors (Lipinski definition) is 0. The number of methoxy groups -OCH3 is 1. The molecule has 0 spiro atoms. The number of rotatable bonds is 11. The fourth-order valence-electron chi connectivity index (χ4n) is 2.52. The second-order valence-electron chi connectivity index (χ2n) is 7.13. The van der Waals surface area contributed by atoms with Crippen LogP contribution in [0.15, 0.2) is 46.2 Å². The van der Waals surface area contributed by atoms with E-state index in [0.717, 1.165) is 0 Å². The summed E-state index contributed by atoms with van der Waals surface area (Å²) in [5.74, 6) is 1.55. The number of sulfone groups is 1. The summed E-state index contributed by atoms with van der Waals surface area (Å²) in [7, 11) is -2.18. The minimum absolute atomic E-state index is 0.0161. The van der Waals surface area contributed by atoms with E-state index in [2.05, 4.69) is 0 Å². The van der Waals surface area contributed by atoms with Gasteiger partial charge in [0.1, 0.15) is 5.75 Å². The Morgan fingerprint density at radius 2 is 1.43 bits per heavy atom. The molecule has 166 valence electrons. The molecule has 0 amide bonds. The van der Waals surface area contributed by atoms with Crippen LogP contribution in [0.1, 0.15) is 13.8 Å². The Balaban J connectivity index is 2.18. The van der Waals surface area contributed by atoms with E-state index in [1.165, 1.54) is 24.3 Å². The third-order valence-electron chi connectivity index (χ3n) is 4.18. The van der Waals surface area contributed by atoms with Crippen molar-refractivity contribution in [1.82, 2.24) is 0 Å². The van der Waals surface area contributed by atoms with Gasteiger partial charge in [-0.2, -0.15) is 0 Å². The molecule has 0 saturated carbocycles. The Kier molecular flexibility index (Phi) is 9.57. The molecule has 0 heterocycles. The van der Waals surface area contributed by atoms with Crippen LogP contribution < -0.4 is 9.47 Å². The summed E-state index contributed by atoms with van der Waals surface area (Å²) in [4.78, 5) is 0.0916. The topological polar surface area (TPSA) is 61.8 Å². The summed E-state index contributed by atoms with van der Waals surface area (Å²) in [5.41, 5.74) is 0. The van der Waals surface area contributed by atoms with Crippen LogP contribution in [-0.2, 0) is 14.6 Å². The van der Waals surface area contributed by atoms with Gasteiger partial charge in [-0.25, -0.2) is 8.42 Å². The predicted octanol–water partition coefficient (Wildman–Crippen LogP) is 5.74. The molecule has 0 unspecified atom stereocenters. The Labute approximate surface area is 193 Å². The van der Waals surface area contributed by atoms with E-state index >= 15 is 0 Å². The fraction of sp³-hybridized carbons (Fsp3) is 0.429. The van der Waals surface area contributed by atoms with Crippen molar-refractivity contribution in [1.29, 1.82) is 0 Å². The zero-order valence-corrected chi connectivity index (χ0v) is 20.1. The van der Waals surface area contributed by atoms with Crippen molar-refractivity contribution in [2.45, 2.75) is 23.6 Å². The Bertz CT molecular complexity index is 909. The van der Waals surface area contributed by atoms with Gasteiger partial charge in [0.15, 0.2) is 5.75 Å². The average molecular weight is 496 g/mol. The normalized spacial score (nSPS) is 13.7. The van der Waals surface area contributed by atoms with Gasteiger partial charge in [-0.15, -0.1) is 11.6 Å². The molecule has 0 N–H and O–H groups in total. The van der Waals surface area contributed by atoms with Crippen LogP contribution in [-0.4, -0.2) is 41.2 Å². The van der Waals surface area contributed by atoms with Crippen molar-refractivity contribution < 1.29 is 22.6 Å². The van der Waals surface area contributed by atoms with Crippen molar-refractivity contribution >= 4 is 44.6 Å². The summed E-state index contributed by atoms with van der Waals surface area (Å²) < 4.78 is 42.3. The highest BCUT2D eigenvalue weighted by Gasteiger charge is 2.22. The molecule has 0 aliphatic rings. The average Bonchev–Trinajstić information content (AvgIpc) is 2.71. The van der Waals surface area contributed by atoms with Crippen molar-refractivity contribution in [2.75, 3.05) is 32.8 Å². The first-order chi connectivity index (χ1) is 14.2. The first-order valence-corrected chi connectivity index (χ1v) is 12.1. The van der Waals surface area contributed by atoms with Gasteiger partial charge < -0.3 is 14.2 Å². The van der Waals surface area contributed by atoms with Crippen LogP contribution in [0.3, 0.4) is 0 Å². The summed E-state index contributed by atoms with van der Waals surface area (Å²) in [6.45, 7) is 5.28. The van der Waals surface area contributed by atoms with Gasteiger partial charge in [0.25, 0.3) is 0 Å². The number of hydrogen-bond acceptors (Lipinski definition) is 5. The van der Waals surface area contributed by atoms with E-state index in [4.69, 9.17) is 49.0 Å². The SMILES string of the molecule is COC[C@@H](C)COc1ccc(S(=O)(=O)c2cc(Cl)c(OC[C@H](C)CCl)c(Cl)c2)cc1. The highest BCUT2D eigenvalue weighted by atomic mass is 35.5. The molecular formula is C21H25Cl3O5S. The Hall–Kier alpha value is -1.18. The van der Waals surface area contributed by atoms with Gasteiger partial charge in [-0.1, -0.05) is 37.0 Å². The monoisotopic (exact) mass is 494 g/mol. The minimum atomic E-state index is -3.81. The minimum Gasteiger partial charge on any atom is -0.493 e. The van der Waals surface area contributed by atoms with Gasteiger partial charge in [-0.3, -0.25) is 0 Å². The van der Waals surface area contributed by atoms with Crippen molar-refractivity contribution in [2.24, 2.45) is 11.8 Å². The lowest BCUT2D eigenvalue weighted by atomic mass is 10.2. The molecule has 0 bridgehead atoms. The summed E-state index contributed by atoms with van der Waals surface area (Å²) in [6, 6.07) is 8.86. The van der Waals surface area contributed by atoms with E-state index in [-0.39, 0.29) is 37.4 Å². The molecule has 0 aromatic heterocycles. The maximum atomic E-state index is 13.0. The largest absolute Gasteiger partial charge is 0.493 e. The highest BCUT2D eigenvalue weighted by Crippen LogP contribution is 2.37. The molecule has 0 aliphatic heterocycles. The number of ether oxygens (including phenoxy) is 3. The maximum absolute atomic E-state index is 13.0. The zero-order chi connectivity index (χ0) is 22.3. The quantitative estimate of drug-likeness (QED) is 0.372. The first kappa shape index (κ1) is 25.1. The van der Waals surface area contributed by atoms with Gasteiger partial charge in [0.2, 0.25) is 9.84 Å². The number of alkyl halides is 1.